The molecule has 2 atom stereocenters. The van der Waals surface area contributed by atoms with Crippen molar-refractivity contribution in [3.63, 3.8) is 0 Å². The molecule has 0 radical (unpaired) electrons. The lowest BCUT2D eigenvalue weighted by atomic mass is 9.97. The van der Waals surface area contributed by atoms with Gasteiger partial charge in [-0.2, -0.15) is 5.10 Å². The summed E-state index contributed by atoms with van der Waals surface area (Å²) in [4.78, 5) is 0. The zero-order valence-electron chi connectivity index (χ0n) is 13.3. The van der Waals surface area contributed by atoms with Crippen LogP contribution in [0, 0.1) is 5.82 Å². The number of hydrogen-bond donors (Lipinski definition) is 0. The van der Waals surface area contributed by atoms with Crippen LogP contribution in [0.3, 0.4) is 0 Å². The number of fused-ring (bicyclic) bond motifs is 3. The third-order valence-corrected chi connectivity index (χ3v) is 4.64. The first kappa shape index (κ1) is 14.3. The average Bonchev–Trinajstić information content (AvgIpc) is 3.30. The molecule has 3 heterocycles. The van der Waals surface area contributed by atoms with E-state index < -0.39 is 6.23 Å². The van der Waals surface area contributed by atoms with E-state index in [4.69, 9.17) is 14.3 Å². The van der Waals surface area contributed by atoms with Crippen molar-refractivity contribution in [2.24, 2.45) is 5.10 Å². The van der Waals surface area contributed by atoms with Crippen LogP contribution in [0.25, 0.3) is 0 Å². The van der Waals surface area contributed by atoms with E-state index in [1.54, 1.807) is 12.3 Å². The maximum absolute atomic E-state index is 13.7. The molecule has 2 aromatic carbocycles. The van der Waals surface area contributed by atoms with Gasteiger partial charge < -0.3 is 9.15 Å². The highest BCUT2D eigenvalue weighted by Gasteiger charge is 2.41. The van der Waals surface area contributed by atoms with Crippen molar-refractivity contribution in [3.05, 3.63) is 89.6 Å². The van der Waals surface area contributed by atoms with Gasteiger partial charge in [-0.15, -0.1) is 0 Å². The predicted octanol–water partition coefficient (Wildman–Crippen LogP) is 4.66. The lowest BCUT2D eigenvalue weighted by Crippen LogP contribution is -2.33. The van der Waals surface area contributed by atoms with E-state index >= 15 is 0 Å². The first-order valence-corrected chi connectivity index (χ1v) is 8.20. The van der Waals surface area contributed by atoms with Gasteiger partial charge in [0.2, 0.25) is 6.23 Å². The van der Waals surface area contributed by atoms with Crippen molar-refractivity contribution in [2.75, 3.05) is 0 Å². The van der Waals surface area contributed by atoms with E-state index in [-0.39, 0.29) is 11.9 Å². The van der Waals surface area contributed by atoms with Crippen molar-refractivity contribution < 1.29 is 13.5 Å². The van der Waals surface area contributed by atoms with Gasteiger partial charge in [0.1, 0.15) is 23.0 Å². The zero-order valence-corrected chi connectivity index (χ0v) is 13.3. The van der Waals surface area contributed by atoms with Crippen LogP contribution in [0.5, 0.6) is 5.75 Å². The number of furan rings is 1. The van der Waals surface area contributed by atoms with Gasteiger partial charge in [-0.3, -0.25) is 0 Å². The summed E-state index contributed by atoms with van der Waals surface area (Å²) in [6, 6.07) is 18.2. The minimum atomic E-state index is -0.469. The van der Waals surface area contributed by atoms with Crippen LogP contribution < -0.4 is 4.74 Å². The van der Waals surface area contributed by atoms with Crippen LogP contribution in [-0.4, -0.2) is 10.7 Å². The van der Waals surface area contributed by atoms with Crippen LogP contribution in [0.2, 0.25) is 0 Å². The molecule has 0 saturated carbocycles. The molecule has 1 aromatic heterocycles. The minimum Gasteiger partial charge on any atom is -0.464 e. The summed E-state index contributed by atoms with van der Waals surface area (Å²) >= 11 is 0. The number of hydrazone groups is 1. The molecule has 2 unspecified atom stereocenters. The second kappa shape index (κ2) is 5.48. The number of nitrogens with zero attached hydrogens (tertiary/aromatic N) is 2. The lowest BCUT2D eigenvalue weighted by Gasteiger charge is -2.38. The normalized spacial score (nSPS) is 21.3. The first-order valence-electron chi connectivity index (χ1n) is 8.20. The number of benzene rings is 2. The van der Waals surface area contributed by atoms with Crippen LogP contribution in [-0.2, 0) is 0 Å². The summed E-state index contributed by atoms with van der Waals surface area (Å²) in [7, 11) is 0. The Kier molecular flexibility index (Phi) is 3.13. The number of halogens is 1. The molecule has 25 heavy (non-hydrogen) atoms. The molecule has 0 spiro atoms. The van der Waals surface area contributed by atoms with Crippen LogP contribution in [0.15, 0.2) is 76.4 Å². The second-order valence-corrected chi connectivity index (χ2v) is 6.19. The van der Waals surface area contributed by atoms with E-state index in [2.05, 4.69) is 6.07 Å². The molecular formula is C20H15FN2O2. The molecule has 0 saturated heterocycles. The Labute approximate surface area is 144 Å². The van der Waals surface area contributed by atoms with Gasteiger partial charge in [0, 0.05) is 17.5 Å². The summed E-state index contributed by atoms with van der Waals surface area (Å²) in [5.41, 5.74) is 2.70. The van der Waals surface area contributed by atoms with Gasteiger partial charge in [-0.25, -0.2) is 9.40 Å². The standard InChI is InChI=1S/C20H15FN2O2/c21-14-6-3-5-13(11-14)20-23-17(15-7-1-2-8-18(15)25-20)12-16(22-23)19-9-4-10-24-19/h1-11,17,20H,12H2. The molecule has 2 aliphatic rings. The molecule has 124 valence electrons. The largest absolute Gasteiger partial charge is 0.464 e. The number of para-hydroxylation sites is 1. The molecule has 3 aromatic rings. The maximum atomic E-state index is 13.7. The third kappa shape index (κ3) is 2.31. The molecule has 5 rings (SSSR count). The highest BCUT2D eigenvalue weighted by molar-refractivity contribution is 5.99. The SMILES string of the molecule is Fc1cccc(C2Oc3ccccc3C3CC(c4ccco4)=NN32)c1. The van der Waals surface area contributed by atoms with Crippen LogP contribution >= 0.6 is 0 Å². The Morgan fingerprint density at radius 2 is 1.96 bits per heavy atom. The van der Waals surface area contributed by atoms with Crippen LogP contribution in [0.4, 0.5) is 4.39 Å². The fourth-order valence-corrected chi connectivity index (χ4v) is 3.51. The Bertz CT molecular complexity index is 952. The van der Waals surface area contributed by atoms with E-state index in [0.29, 0.717) is 0 Å². The Balaban J connectivity index is 1.62. The van der Waals surface area contributed by atoms with Crippen molar-refractivity contribution in [1.29, 1.82) is 0 Å². The molecule has 0 N–H and O–H groups in total. The van der Waals surface area contributed by atoms with Gasteiger partial charge in [-0.05, 0) is 30.3 Å². The summed E-state index contributed by atoms with van der Waals surface area (Å²) in [6.45, 7) is 0. The molecule has 0 aliphatic carbocycles. The van der Waals surface area contributed by atoms with Crippen molar-refractivity contribution in [1.82, 2.24) is 5.01 Å². The number of hydrogen-bond acceptors (Lipinski definition) is 4. The molecule has 0 bridgehead atoms. The topological polar surface area (TPSA) is 38.0 Å². The fourth-order valence-electron chi connectivity index (χ4n) is 3.51. The summed E-state index contributed by atoms with van der Waals surface area (Å²) < 4.78 is 25.4. The average molecular weight is 334 g/mol. The second-order valence-electron chi connectivity index (χ2n) is 6.19. The van der Waals surface area contributed by atoms with E-state index in [0.717, 1.165) is 34.8 Å². The molecule has 0 fully saturated rings. The van der Waals surface area contributed by atoms with Crippen molar-refractivity contribution >= 4 is 5.71 Å². The smallest absolute Gasteiger partial charge is 0.213 e. The van der Waals surface area contributed by atoms with Crippen LogP contribution in [0.1, 0.15) is 35.6 Å². The van der Waals surface area contributed by atoms with E-state index in [1.807, 2.05) is 41.4 Å². The third-order valence-electron chi connectivity index (χ3n) is 4.64. The van der Waals surface area contributed by atoms with Gasteiger partial charge in [0.05, 0.1) is 12.3 Å². The monoisotopic (exact) mass is 334 g/mol. The zero-order chi connectivity index (χ0) is 16.8. The molecule has 0 amide bonds. The predicted molar refractivity (Wildman–Crippen MR) is 90.7 cm³/mol. The fraction of sp³-hybridized carbons (Fsp3) is 0.150. The van der Waals surface area contributed by atoms with Gasteiger partial charge in [0.25, 0.3) is 0 Å². The van der Waals surface area contributed by atoms with Gasteiger partial charge in [0.15, 0.2) is 0 Å². The summed E-state index contributed by atoms with van der Waals surface area (Å²) in [5.74, 6) is 1.28. The molecule has 5 heteroatoms. The van der Waals surface area contributed by atoms with Gasteiger partial charge >= 0.3 is 0 Å². The Morgan fingerprint density at radius 3 is 2.80 bits per heavy atom. The quantitative estimate of drug-likeness (QED) is 0.684. The number of ether oxygens (including phenoxy) is 1. The highest BCUT2D eigenvalue weighted by Crippen LogP contribution is 2.47. The molecular weight excluding hydrogens is 319 g/mol. The summed E-state index contributed by atoms with van der Waals surface area (Å²) in [5, 5.41) is 6.66. The van der Waals surface area contributed by atoms with E-state index in [1.165, 1.54) is 12.1 Å². The first-order chi connectivity index (χ1) is 12.3. The highest BCUT2D eigenvalue weighted by atomic mass is 19.1. The molecule has 2 aliphatic heterocycles. The minimum absolute atomic E-state index is 0.0401. The number of rotatable bonds is 2. The lowest BCUT2D eigenvalue weighted by molar-refractivity contribution is -0.0192. The maximum Gasteiger partial charge on any atom is 0.213 e. The van der Waals surface area contributed by atoms with E-state index in [9.17, 15) is 4.39 Å². The van der Waals surface area contributed by atoms with Crippen molar-refractivity contribution in [2.45, 2.75) is 18.7 Å². The molecule has 4 nitrogen and oxygen atoms in total. The Morgan fingerprint density at radius 1 is 1.04 bits per heavy atom. The van der Waals surface area contributed by atoms with Gasteiger partial charge in [-0.1, -0.05) is 30.3 Å². The summed E-state index contributed by atoms with van der Waals surface area (Å²) in [6.07, 6.45) is 1.90. The van der Waals surface area contributed by atoms with Crippen molar-refractivity contribution in [3.8, 4) is 5.75 Å². The Hall–Kier alpha value is -3.08.